The highest BCUT2D eigenvalue weighted by atomic mass is 79.9. The highest BCUT2D eigenvalue weighted by Crippen LogP contribution is 2.29. The summed E-state index contributed by atoms with van der Waals surface area (Å²) >= 11 is 3.47. The molecular weight excluding hydrogens is 321 g/mol. The average Bonchev–Trinajstić information content (AvgIpc) is 2.45. The maximum atomic E-state index is 13.1. The lowest BCUT2D eigenvalue weighted by Gasteiger charge is -2.17. The second-order valence-corrected chi connectivity index (χ2v) is 5.53. The van der Waals surface area contributed by atoms with E-state index in [4.69, 9.17) is 4.74 Å². The van der Waals surface area contributed by atoms with Crippen LogP contribution in [0.2, 0.25) is 0 Å². The van der Waals surface area contributed by atoms with Crippen molar-refractivity contribution in [2.75, 3.05) is 7.05 Å². The molecule has 0 saturated heterocycles. The van der Waals surface area contributed by atoms with E-state index in [0.717, 1.165) is 21.3 Å². The summed E-state index contributed by atoms with van der Waals surface area (Å²) in [7, 11) is 1.90. The summed E-state index contributed by atoms with van der Waals surface area (Å²) in [4.78, 5) is 0. The van der Waals surface area contributed by atoms with Gasteiger partial charge < -0.3 is 10.1 Å². The van der Waals surface area contributed by atoms with E-state index in [1.165, 1.54) is 12.1 Å². The standard InChI is InChI=1S/C16H17BrFNO/c1-11(19-2)15-9-13(17)6-7-16(15)20-10-12-4-3-5-14(18)8-12/h3-9,11,19H,10H2,1-2H3. The number of hydrogen-bond donors (Lipinski definition) is 1. The molecule has 0 amide bonds. The molecule has 1 unspecified atom stereocenters. The van der Waals surface area contributed by atoms with Gasteiger partial charge in [-0.1, -0.05) is 28.1 Å². The van der Waals surface area contributed by atoms with Crippen molar-refractivity contribution in [3.05, 3.63) is 63.9 Å². The van der Waals surface area contributed by atoms with E-state index in [1.54, 1.807) is 6.07 Å². The Balaban J connectivity index is 2.16. The van der Waals surface area contributed by atoms with Crippen molar-refractivity contribution in [1.29, 1.82) is 0 Å². The zero-order valence-electron chi connectivity index (χ0n) is 11.5. The van der Waals surface area contributed by atoms with Gasteiger partial charge >= 0.3 is 0 Å². The predicted octanol–water partition coefficient (Wildman–Crippen LogP) is 4.45. The maximum absolute atomic E-state index is 13.1. The minimum Gasteiger partial charge on any atom is -0.489 e. The molecule has 106 valence electrons. The maximum Gasteiger partial charge on any atom is 0.124 e. The van der Waals surface area contributed by atoms with Crippen LogP contribution in [0, 0.1) is 5.82 Å². The minimum absolute atomic E-state index is 0.176. The number of benzene rings is 2. The molecule has 0 aromatic heterocycles. The molecule has 0 spiro atoms. The normalized spacial score (nSPS) is 12.2. The Kier molecular flexibility index (Phi) is 5.15. The van der Waals surface area contributed by atoms with Gasteiger partial charge in [0, 0.05) is 16.1 Å². The summed E-state index contributed by atoms with van der Waals surface area (Å²) in [5.41, 5.74) is 1.88. The molecule has 0 fully saturated rings. The van der Waals surface area contributed by atoms with Gasteiger partial charge in [0.2, 0.25) is 0 Å². The van der Waals surface area contributed by atoms with Crippen LogP contribution < -0.4 is 10.1 Å². The van der Waals surface area contributed by atoms with E-state index in [0.29, 0.717) is 6.61 Å². The van der Waals surface area contributed by atoms with Gasteiger partial charge in [0.25, 0.3) is 0 Å². The van der Waals surface area contributed by atoms with E-state index in [9.17, 15) is 4.39 Å². The molecule has 1 N–H and O–H groups in total. The monoisotopic (exact) mass is 337 g/mol. The van der Waals surface area contributed by atoms with Crippen LogP contribution in [0.3, 0.4) is 0 Å². The SMILES string of the molecule is CNC(C)c1cc(Br)ccc1OCc1cccc(F)c1. The summed E-state index contributed by atoms with van der Waals surface area (Å²) in [5.74, 6) is 0.560. The molecule has 0 aliphatic rings. The number of rotatable bonds is 5. The van der Waals surface area contributed by atoms with Gasteiger partial charge in [0.1, 0.15) is 18.2 Å². The molecule has 0 radical (unpaired) electrons. The van der Waals surface area contributed by atoms with E-state index in [2.05, 4.69) is 28.2 Å². The summed E-state index contributed by atoms with van der Waals surface area (Å²) in [6.45, 7) is 2.42. The van der Waals surface area contributed by atoms with Gasteiger partial charge in [-0.15, -0.1) is 0 Å². The molecule has 2 aromatic carbocycles. The van der Waals surface area contributed by atoms with Crippen molar-refractivity contribution < 1.29 is 9.13 Å². The summed E-state index contributed by atoms with van der Waals surface area (Å²) in [6, 6.07) is 12.5. The highest BCUT2D eigenvalue weighted by molar-refractivity contribution is 9.10. The first-order valence-corrected chi connectivity index (χ1v) is 7.23. The van der Waals surface area contributed by atoms with Gasteiger partial charge in [0.15, 0.2) is 0 Å². The Labute approximate surface area is 127 Å². The van der Waals surface area contributed by atoms with Gasteiger partial charge in [-0.2, -0.15) is 0 Å². The van der Waals surface area contributed by atoms with Crippen LogP contribution in [0.4, 0.5) is 4.39 Å². The van der Waals surface area contributed by atoms with E-state index in [1.807, 2.05) is 31.3 Å². The lowest BCUT2D eigenvalue weighted by Crippen LogP contribution is -2.13. The first kappa shape index (κ1) is 15.0. The second kappa shape index (κ2) is 6.86. The molecule has 2 rings (SSSR count). The minimum atomic E-state index is -0.245. The summed E-state index contributed by atoms with van der Waals surface area (Å²) in [5, 5.41) is 3.20. The summed E-state index contributed by atoms with van der Waals surface area (Å²) in [6.07, 6.45) is 0. The van der Waals surface area contributed by atoms with Crippen LogP contribution in [-0.4, -0.2) is 7.05 Å². The van der Waals surface area contributed by atoms with Crippen LogP contribution in [0.5, 0.6) is 5.75 Å². The fourth-order valence-corrected chi connectivity index (χ4v) is 2.31. The Bertz CT molecular complexity index is 588. The van der Waals surface area contributed by atoms with Crippen molar-refractivity contribution in [3.8, 4) is 5.75 Å². The number of ether oxygens (including phenoxy) is 1. The first-order chi connectivity index (χ1) is 9.60. The van der Waals surface area contributed by atoms with E-state index in [-0.39, 0.29) is 11.9 Å². The first-order valence-electron chi connectivity index (χ1n) is 6.44. The summed E-state index contributed by atoms with van der Waals surface area (Å²) < 4.78 is 20.0. The number of hydrogen-bond acceptors (Lipinski definition) is 2. The average molecular weight is 338 g/mol. The van der Waals surface area contributed by atoms with Crippen LogP contribution in [0.1, 0.15) is 24.1 Å². The van der Waals surface area contributed by atoms with Crippen molar-refractivity contribution in [2.45, 2.75) is 19.6 Å². The molecule has 4 heteroatoms. The Morgan fingerprint density at radius 1 is 1.25 bits per heavy atom. The molecule has 0 bridgehead atoms. The fourth-order valence-electron chi connectivity index (χ4n) is 1.93. The topological polar surface area (TPSA) is 21.3 Å². The number of halogens is 2. The van der Waals surface area contributed by atoms with Crippen molar-refractivity contribution in [3.63, 3.8) is 0 Å². The fraction of sp³-hybridized carbons (Fsp3) is 0.250. The lowest BCUT2D eigenvalue weighted by atomic mass is 10.1. The van der Waals surface area contributed by atoms with E-state index < -0.39 is 0 Å². The van der Waals surface area contributed by atoms with Crippen molar-refractivity contribution >= 4 is 15.9 Å². The Morgan fingerprint density at radius 3 is 2.75 bits per heavy atom. The third-order valence-electron chi connectivity index (χ3n) is 3.15. The van der Waals surface area contributed by atoms with Gasteiger partial charge in [-0.25, -0.2) is 4.39 Å². The molecule has 1 atom stereocenters. The highest BCUT2D eigenvalue weighted by Gasteiger charge is 2.11. The third-order valence-corrected chi connectivity index (χ3v) is 3.65. The largest absolute Gasteiger partial charge is 0.489 e. The van der Waals surface area contributed by atoms with Crippen molar-refractivity contribution in [1.82, 2.24) is 5.32 Å². The molecular formula is C16H17BrFNO. The smallest absolute Gasteiger partial charge is 0.124 e. The zero-order valence-corrected chi connectivity index (χ0v) is 13.1. The molecule has 2 aromatic rings. The Hall–Kier alpha value is -1.39. The van der Waals surface area contributed by atoms with Gasteiger partial charge in [0.05, 0.1) is 0 Å². The van der Waals surface area contributed by atoms with Gasteiger partial charge in [-0.05, 0) is 49.9 Å². The number of nitrogens with one attached hydrogen (secondary N) is 1. The Morgan fingerprint density at radius 2 is 2.05 bits per heavy atom. The second-order valence-electron chi connectivity index (χ2n) is 4.61. The zero-order chi connectivity index (χ0) is 14.5. The molecule has 0 heterocycles. The van der Waals surface area contributed by atoms with Crippen LogP contribution >= 0.6 is 15.9 Å². The van der Waals surface area contributed by atoms with Crippen LogP contribution in [0.25, 0.3) is 0 Å². The third kappa shape index (κ3) is 3.81. The van der Waals surface area contributed by atoms with E-state index >= 15 is 0 Å². The van der Waals surface area contributed by atoms with Crippen LogP contribution in [-0.2, 0) is 6.61 Å². The quantitative estimate of drug-likeness (QED) is 0.870. The molecule has 20 heavy (non-hydrogen) atoms. The van der Waals surface area contributed by atoms with Crippen molar-refractivity contribution in [2.24, 2.45) is 0 Å². The molecule has 0 aliphatic carbocycles. The van der Waals surface area contributed by atoms with Gasteiger partial charge in [-0.3, -0.25) is 0 Å². The molecule has 2 nitrogen and oxygen atoms in total. The van der Waals surface area contributed by atoms with Crippen LogP contribution in [0.15, 0.2) is 46.9 Å². The predicted molar refractivity (Wildman–Crippen MR) is 82.3 cm³/mol. The lowest BCUT2D eigenvalue weighted by molar-refractivity contribution is 0.299. The molecule has 0 saturated carbocycles. The molecule has 0 aliphatic heterocycles.